The number of fused-ring (bicyclic) bond motifs is 3. The van der Waals surface area contributed by atoms with Crippen LogP contribution in [0.2, 0.25) is 0 Å². The van der Waals surface area contributed by atoms with Gasteiger partial charge in [-0.05, 0) is 33.1 Å². The van der Waals surface area contributed by atoms with Crippen LogP contribution in [-0.2, 0) is 16.2 Å². The maximum Gasteiger partial charge on any atom is -0.0132 e. The Bertz CT molecular complexity index is 3440. The fourth-order valence-electron chi connectivity index (χ4n) is 9.96. The van der Waals surface area contributed by atoms with Gasteiger partial charge in [0.15, 0.2) is 0 Å². The predicted molar refractivity (Wildman–Crippen MR) is 305 cm³/mol. The molecule has 0 bridgehead atoms. The predicted octanol–water partition coefficient (Wildman–Crippen LogP) is 16.5. The third kappa shape index (κ3) is 9.19. The zero-order valence-electron chi connectivity index (χ0n) is 42.9. The van der Waals surface area contributed by atoms with Crippen LogP contribution < -0.4 is 26.7 Å². The molecule has 0 atom stereocenters. The number of anilines is 7. The zero-order chi connectivity index (χ0) is 49.9. The van der Waals surface area contributed by atoms with Crippen LogP contribution in [0.1, 0.15) is 79.0 Å². The molecule has 1 aromatic heterocycles. The monoisotopic (exact) mass is 1060 g/mol. The quantitative estimate of drug-likeness (QED) is 0.142. The zero-order valence-corrected chi connectivity index (χ0v) is 45.2. The van der Waals surface area contributed by atoms with Crippen molar-refractivity contribution in [2.75, 3.05) is 21.4 Å². The molecule has 2 aliphatic heterocycles. The van der Waals surface area contributed by atoms with Gasteiger partial charge in [-0.2, -0.15) is 0 Å². The molecule has 0 N–H and O–H groups in total. The van der Waals surface area contributed by atoms with Gasteiger partial charge in [-0.25, -0.2) is 0 Å². The summed E-state index contributed by atoms with van der Waals surface area (Å²) in [6.07, 6.45) is 1.96. The normalized spacial score (nSPS) is 13.4. The van der Waals surface area contributed by atoms with E-state index in [2.05, 4.69) is 271 Å². The number of pyridine rings is 1. The van der Waals surface area contributed by atoms with E-state index in [1.807, 2.05) is 6.20 Å². The number of aromatic nitrogens is 1. The largest absolute Gasteiger partial charge is 0.0561 e. The van der Waals surface area contributed by atoms with Crippen molar-refractivity contribution in [3.63, 3.8) is 0 Å². The summed E-state index contributed by atoms with van der Waals surface area (Å²) < 4.78 is 9.68. The smallest absolute Gasteiger partial charge is 0.0132 e. The fourth-order valence-corrected chi connectivity index (χ4v) is 13.0. The number of para-hydroxylation sites is 3. The summed E-state index contributed by atoms with van der Waals surface area (Å²) in [5.41, 5.74) is 18.0. The topological polar surface area (TPSA) is 31.8 Å². The standard InChI is InChI=1S/C66H62N4OTe/c1-64(2,3)48-34-35-67-62(40-48)70-58-32-30-46(44-20-12-10-13-21-44)38-61(58)72-60-33-31-53(42-59(60)70)71-52-25-18-24-51(41-52)68-43-69(57-29-17-16-28-56(57)68)63-54(45-22-14-11-15-23-45)26-19-27-55(63)47-36-49(65(4,5)6)39-50(37-47)66(7,8)9/h10-42H,43H2,1-9H3. The van der Waals surface area contributed by atoms with Gasteiger partial charge < -0.3 is 0 Å². The first kappa shape index (κ1) is 47.2. The fraction of sp³-hybridized carbons (Fsp3) is 0.197. The third-order valence-electron chi connectivity index (χ3n) is 14.0. The molecule has 0 radical (unpaired) electrons. The molecule has 11 rings (SSSR count). The molecule has 0 aliphatic carbocycles. The van der Waals surface area contributed by atoms with Crippen LogP contribution in [0.25, 0.3) is 33.4 Å². The minimum Gasteiger partial charge on any atom is -0.0561 e. The van der Waals surface area contributed by atoms with Gasteiger partial charge in [0.2, 0.25) is 0 Å². The van der Waals surface area contributed by atoms with E-state index in [-0.39, 0.29) is 16.2 Å². The summed E-state index contributed by atoms with van der Waals surface area (Å²) in [5.74, 6) is 2.48. The number of ether oxygens (including phenoxy) is 1. The van der Waals surface area contributed by atoms with Crippen LogP contribution in [0.15, 0.2) is 200 Å². The summed E-state index contributed by atoms with van der Waals surface area (Å²) in [5, 5.41) is 0. The maximum atomic E-state index is 6.93. The van der Waals surface area contributed by atoms with Gasteiger partial charge in [0.25, 0.3) is 0 Å². The van der Waals surface area contributed by atoms with Crippen molar-refractivity contribution in [2.24, 2.45) is 0 Å². The van der Waals surface area contributed by atoms with E-state index in [9.17, 15) is 0 Å². The first-order valence-electron chi connectivity index (χ1n) is 25.1. The third-order valence-corrected chi connectivity index (χ3v) is 17.2. The van der Waals surface area contributed by atoms with E-state index in [0.717, 1.165) is 40.1 Å². The number of nitrogens with zero attached hydrogens (tertiary/aromatic N) is 4. The average Bonchev–Trinajstić information content (AvgIpc) is 3.77. The van der Waals surface area contributed by atoms with Crippen molar-refractivity contribution < 1.29 is 4.74 Å². The van der Waals surface area contributed by atoms with Crippen molar-refractivity contribution in [3.8, 4) is 44.9 Å². The first-order valence-corrected chi connectivity index (χ1v) is 27.4. The second-order valence-electron chi connectivity index (χ2n) is 22.2. The molecule has 358 valence electrons. The van der Waals surface area contributed by atoms with Gasteiger partial charge >= 0.3 is 281 Å². The van der Waals surface area contributed by atoms with E-state index in [1.165, 1.54) is 68.7 Å². The number of hydrogen-bond donors (Lipinski definition) is 0. The second kappa shape index (κ2) is 18.5. The van der Waals surface area contributed by atoms with Gasteiger partial charge in [-0.1, -0.05) is 114 Å². The van der Waals surface area contributed by atoms with E-state index in [1.54, 1.807) is 0 Å². The SMILES string of the molecule is CC(C)(C)c1cc(-c2cccc(-c3ccccc3)c2N2CN(c3cccc(Oc4ccc5c(c4)N(c4cc(C(C)(C)C)ccn4)c4ccc(-c6ccccc6)cc4[Te]5)c3)c3ccccc32)cc(C(C)(C)C)c1. The summed E-state index contributed by atoms with van der Waals surface area (Å²) in [6, 6.07) is 71.0. The summed E-state index contributed by atoms with van der Waals surface area (Å²) in [6.45, 7) is 21.3. The number of hydrogen-bond acceptors (Lipinski definition) is 5. The maximum absolute atomic E-state index is 6.93. The van der Waals surface area contributed by atoms with Crippen LogP contribution in [0, 0.1) is 0 Å². The van der Waals surface area contributed by atoms with Crippen LogP contribution in [0.3, 0.4) is 0 Å². The molecule has 5 nitrogen and oxygen atoms in total. The molecule has 8 aromatic carbocycles. The number of rotatable bonds is 8. The van der Waals surface area contributed by atoms with Crippen LogP contribution in [-0.4, -0.2) is 32.6 Å². The van der Waals surface area contributed by atoms with Crippen molar-refractivity contribution in [2.45, 2.75) is 78.6 Å². The van der Waals surface area contributed by atoms with E-state index in [4.69, 9.17) is 9.72 Å². The molecule has 0 unspecified atom stereocenters. The van der Waals surface area contributed by atoms with Gasteiger partial charge in [-0.3, -0.25) is 0 Å². The molecule has 0 saturated heterocycles. The van der Waals surface area contributed by atoms with E-state index < -0.39 is 20.9 Å². The molecular formula is C66H62N4OTe. The first-order chi connectivity index (χ1) is 34.6. The molecule has 3 heterocycles. The van der Waals surface area contributed by atoms with Crippen LogP contribution >= 0.6 is 0 Å². The Labute approximate surface area is 436 Å². The van der Waals surface area contributed by atoms with E-state index >= 15 is 0 Å². The molecule has 9 aromatic rings. The van der Waals surface area contributed by atoms with Crippen molar-refractivity contribution in [1.82, 2.24) is 4.98 Å². The Morgan fingerprint density at radius 2 is 1.03 bits per heavy atom. The van der Waals surface area contributed by atoms with Crippen molar-refractivity contribution in [3.05, 3.63) is 217 Å². The summed E-state index contributed by atoms with van der Waals surface area (Å²) in [7, 11) is 0. The second-order valence-corrected chi connectivity index (χ2v) is 25.3. The van der Waals surface area contributed by atoms with Gasteiger partial charge in [0.05, 0.1) is 0 Å². The molecular weight excluding hydrogens is 992 g/mol. The van der Waals surface area contributed by atoms with Gasteiger partial charge in [0, 0.05) is 11.1 Å². The van der Waals surface area contributed by atoms with Crippen molar-refractivity contribution in [1.29, 1.82) is 0 Å². The van der Waals surface area contributed by atoms with Crippen LogP contribution in [0.5, 0.6) is 11.5 Å². The Morgan fingerprint density at radius 1 is 0.417 bits per heavy atom. The minimum absolute atomic E-state index is 0.0225. The average molecular weight is 1050 g/mol. The summed E-state index contributed by atoms with van der Waals surface area (Å²) >= 11 is -0.742. The summed E-state index contributed by atoms with van der Waals surface area (Å²) in [4.78, 5) is 12.3. The van der Waals surface area contributed by atoms with Crippen LogP contribution in [0.4, 0.5) is 39.9 Å². The Hall–Kier alpha value is -7.10. The molecule has 6 heteroatoms. The molecule has 0 fully saturated rings. The molecule has 2 aliphatic rings. The Balaban J connectivity index is 0.967. The number of benzene rings is 8. The molecule has 0 amide bonds. The van der Waals surface area contributed by atoms with E-state index in [0.29, 0.717) is 6.67 Å². The molecule has 72 heavy (non-hydrogen) atoms. The van der Waals surface area contributed by atoms with Gasteiger partial charge in [-0.15, -0.1) is 0 Å². The Morgan fingerprint density at radius 3 is 1.71 bits per heavy atom. The minimum atomic E-state index is -0.742. The molecule has 0 saturated carbocycles. The molecule has 0 spiro atoms. The Kier molecular flexibility index (Phi) is 12.1. The van der Waals surface area contributed by atoms with Crippen molar-refractivity contribution >= 4 is 68.1 Å². The van der Waals surface area contributed by atoms with Gasteiger partial charge in [0.1, 0.15) is 0 Å².